The zero-order valence-electron chi connectivity index (χ0n) is 10.00. The van der Waals surface area contributed by atoms with Crippen molar-refractivity contribution < 1.29 is 5.11 Å². The van der Waals surface area contributed by atoms with Gasteiger partial charge in [0.1, 0.15) is 0 Å². The maximum absolute atomic E-state index is 10.6. The van der Waals surface area contributed by atoms with Crippen molar-refractivity contribution in [2.45, 2.75) is 51.0 Å². The standard InChI is InChI=1S/C14H21NO/c1-2-3-4-8-14(16)9-7-11-10-12(15)5-6-13(11)14/h5-6,10,16H,2-4,7-9,15H2,1H3. The van der Waals surface area contributed by atoms with Crippen LogP contribution in [0.4, 0.5) is 5.69 Å². The lowest BCUT2D eigenvalue weighted by Gasteiger charge is -2.24. The van der Waals surface area contributed by atoms with Crippen LogP contribution in [0, 0.1) is 0 Å². The highest BCUT2D eigenvalue weighted by atomic mass is 16.3. The van der Waals surface area contributed by atoms with Gasteiger partial charge in [0.15, 0.2) is 0 Å². The van der Waals surface area contributed by atoms with E-state index in [1.54, 1.807) is 0 Å². The lowest BCUT2D eigenvalue weighted by atomic mass is 9.90. The number of aryl methyl sites for hydroxylation is 1. The first-order valence-corrected chi connectivity index (χ1v) is 6.27. The van der Waals surface area contributed by atoms with Crippen molar-refractivity contribution in [1.82, 2.24) is 0 Å². The van der Waals surface area contributed by atoms with E-state index < -0.39 is 5.60 Å². The number of rotatable bonds is 4. The number of anilines is 1. The van der Waals surface area contributed by atoms with E-state index in [0.717, 1.165) is 36.9 Å². The molecule has 1 unspecified atom stereocenters. The first kappa shape index (κ1) is 11.5. The number of fused-ring (bicyclic) bond motifs is 1. The number of nitrogens with two attached hydrogens (primary N) is 1. The molecule has 0 spiro atoms. The lowest BCUT2D eigenvalue weighted by Crippen LogP contribution is -2.21. The van der Waals surface area contributed by atoms with Gasteiger partial charge in [-0.15, -0.1) is 0 Å². The van der Waals surface area contributed by atoms with Gasteiger partial charge in [0.05, 0.1) is 5.60 Å². The Bertz CT molecular complexity index is 375. The number of hydrogen-bond donors (Lipinski definition) is 2. The average molecular weight is 219 g/mol. The van der Waals surface area contributed by atoms with Crippen molar-refractivity contribution in [3.63, 3.8) is 0 Å². The van der Waals surface area contributed by atoms with Gasteiger partial charge >= 0.3 is 0 Å². The number of hydrogen-bond acceptors (Lipinski definition) is 2. The van der Waals surface area contributed by atoms with Gasteiger partial charge < -0.3 is 10.8 Å². The van der Waals surface area contributed by atoms with Gasteiger partial charge in [-0.05, 0) is 42.5 Å². The molecule has 1 aromatic rings. The molecule has 0 radical (unpaired) electrons. The molecule has 3 N–H and O–H groups in total. The van der Waals surface area contributed by atoms with Gasteiger partial charge in [0.25, 0.3) is 0 Å². The van der Waals surface area contributed by atoms with Gasteiger partial charge in [-0.25, -0.2) is 0 Å². The Morgan fingerprint density at radius 2 is 2.19 bits per heavy atom. The predicted octanol–water partition coefficient (Wildman–Crippen LogP) is 2.98. The summed E-state index contributed by atoms with van der Waals surface area (Å²) in [5.41, 5.74) is 8.32. The minimum Gasteiger partial charge on any atom is -0.399 e. The minimum absolute atomic E-state index is 0.585. The third kappa shape index (κ3) is 2.07. The molecular weight excluding hydrogens is 198 g/mol. The Morgan fingerprint density at radius 3 is 2.94 bits per heavy atom. The lowest BCUT2D eigenvalue weighted by molar-refractivity contribution is 0.0269. The highest BCUT2D eigenvalue weighted by Crippen LogP contribution is 2.41. The molecule has 16 heavy (non-hydrogen) atoms. The summed E-state index contributed by atoms with van der Waals surface area (Å²) in [6.45, 7) is 2.19. The molecule has 2 rings (SSSR count). The van der Waals surface area contributed by atoms with Crippen molar-refractivity contribution in [2.75, 3.05) is 5.73 Å². The van der Waals surface area contributed by atoms with E-state index in [0.29, 0.717) is 0 Å². The molecular formula is C14H21NO. The summed E-state index contributed by atoms with van der Waals surface area (Å²) in [5, 5.41) is 10.6. The molecule has 0 bridgehead atoms. The van der Waals surface area contributed by atoms with E-state index >= 15 is 0 Å². The SMILES string of the molecule is CCCCCC1(O)CCc2cc(N)ccc21. The second-order valence-electron chi connectivity index (χ2n) is 4.91. The Balaban J connectivity index is 2.15. The van der Waals surface area contributed by atoms with Crippen molar-refractivity contribution >= 4 is 5.69 Å². The molecule has 88 valence electrons. The van der Waals surface area contributed by atoms with Crippen LogP contribution in [0.3, 0.4) is 0 Å². The van der Waals surface area contributed by atoms with E-state index in [2.05, 4.69) is 6.92 Å². The van der Waals surface area contributed by atoms with Crippen molar-refractivity contribution in [3.05, 3.63) is 29.3 Å². The molecule has 1 aromatic carbocycles. The summed E-state index contributed by atoms with van der Waals surface area (Å²) < 4.78 is 0. The molecule has 1 aliphatic carbocycles. The third-order valence-corrected chi connectivity index (χ3v) is 3.63. The van der Waals surface area contributed by atoms with Gasteiger partial charge in [-0.3, -0.25) is 0 Å². The number of nitrogen functional groups attached to an aromatic ring is 1. The summed E-state index contributed by atoms with van der Waals surface area (Å²) in [6.07, 6.45) is 6.21. The van der Waals surface area contributed by atoms with Gasteiger partial charge in [-0.2, -0.15) is 0 Å². The molecule has 1 aliphatic rings. The molecule has 1 atom stereocenters. The van der Waals surface area contributed by atoms with Gasteiger partial charge in [0, 0.05) is 5.69 Å². The van der Waals surface area contributed by atoms with E-state index in [-0.39, 0.29) is 0 Å². The summed E-state index contributed by atoms with van der Waals surface area (Å²) in [6, 6.07) is 5.91. The van der Waals surface area contributed by atoms with Crippen molar-refractivity contribution in [1.29, 1.82) is 0 Å². The van der Waals surface area contributed by atoms with Crippen LogP contribution in [0.2, 0.25) is 0 Å². The maximum atomic E-state index is 10.6. The van der Waals surface area contributed by atoms with Crippen LogP contribution >= 0.6 is 0 Å². The zero-order chi connectivity index (χ0) is 11.6. The summed E-state index contributed by atoms with van der Waals surface area (Å²) >= 11 is 0. The first-order chi connectivity index (χ1) is 7.65. The number of unbranched alkanes of at least 4 members (excludes halogenated alkanes) is 2. The summed E-state index contributed by atoms with van der Waals surface area (Å²) in [5.74, 6) is 0. The molecule has 0 saturated heterocycles. The van der Waals surface area contributed by atoms with Crippen LogP contribution in [0.25, 0.3) is 0 Å². The van der Waals surface area contributed by atoms with Gasteiger partial charge in [-0.1, -0.05) is 32.3 Å². The van der Waals surface area contributed by atoms with Crippen LogP contribution in [0.1, 0.15) is 50.2 Å². The van der Waals surface area contributed by atoms with Crippen molar-refractivity contribution in [2.24, 2.45) is 0 Å². The van der Waals surface area contributed by atoms with E-state index in [9.17, 15) is 5.11 Å². The first-order valence-electron chi connectivity index (χ1n) is 6.27. The van der Waals surface area contributed by atoms with Crippen LogP contribution in [-0.2, 0) is 12.0 Å². The Kier molecular flexibility index (Phi) is 3.20. The fraction of sp³-hybridized carbons (Fsp3) is 0.571. The van der Waals surface area contributed by atoms with Crippen LogP contribution in [0.5, 0.6) is 0 Å². The zero-order valence-corrected chi connectivity index (χ0v) is 10.00. The number of aliphatic hydroxyl groups is 1. The highest BCUT2D eigenvalue weighted by molar-refractivity contribution is 5.48. The fourth-order valence-electron chi connectivity index (χ4n) is 2.68. The third-order valence-electron chi connectivity index (χ3n) is 3.63. The Morgan fingerprint density at radius 1 is 1.38 bits per heavy atom. The Labute approximate surface area is 97.5 Å². The molecule has 0 aromatic heterocycles. The van der Waals surface area contributed by atoms with Gasteiger partial charge in [0.2, 0.25) is 0 Å². The molecule has 0 amide bonds. The van der Waals surface area contributed by atoms with E-state index in [1.807, 2.05) is 18.2 Å². The highest BCUT2D eigenvalue weighted by Gasteiger charge is 2.35. The van der Waals surface area contributed by atoms with E-state index in [4.69, 9.17) is 5.73 Å². The largest absolute Gasteiger partial charge is 0.399 e. The smallest absolute Gasteiger partial charge is 0.0902 e. The second kappa shape index (κ2) is 4.46. The fourth-order valence-corrected chi connectivity index (χ4v) is 2.68. The van der Waals surface area contributed by atoms with Crippen LogP contribution < -0.4 is 5.73 Å². The van der Waals surface area contributed by atoms with Crippen molar-refractivity contribution in [3.8, 4) is 0 Å². The number of benzene rings is 1. The summed E-state index contributed by atoms with van der Waals surface area (Å²) in [7, 11) is 0. The maximum Gasteiger partial charge on any atom is 0.0902 e. The topological polar surface area (TPSA) is 46.2 Å². The predicted molar refractivity (Wildman–Crippen MR) is 67.2 cm³/mol. The minimum atomic E-state index is -0.585. The normalized spacial score (nSPS) is 23.4. The van der Waals surface area contributed by atoms with E-state index in [1.165, 1.54) is 18.4 Å². The quantitative estimate of drug-likeness (QED) is 0.604. The molecule has 0 saturated carbocycles. The molecule has 0 fully saturated rings. The molecule has 0 heterocycles. The molecule has 2 heteroatoms. The second-order valence-corrected chi connectivity index (χ2v) is 4.91. The summed E-state index contributed by atoms with van der Waals surface area (Å²) in [4.78, 5) is 0. The Hall–Kier alpha value is -1.02. The average Bonchev–Trinajstić information content (AvgIpc) is 2.57. The molecule has 0 aliphatic heterocycles. The monoisotopic (exact) mass is 219 g/mol. The van der Waals surface area contributed by atoms with Crippen LogP contribution in [-0.4, -0.2) is 5.11 Å². The van der Waals surface area contributed by atoms with Crippen LogP contribution in [0.15, 0.2) is 18.2 Å². The molecule has 2 nitrogen and oxygen atoms in total.